The van der Waals surface area contributed by atoms with Crippen LogP contribution in [-0.4, -0.2) is 12.2 Å². The summed E-state index contributed by atoms with van der Waals surface area (Å²) in [7, 11) is 0. The van der Waals surface area contributed by atoms with Crippen molar-refractivity contribution < 1.29 is 9.47 Å². The Bertz CT molecular complexity index is 807. The van der Waals surface area contributed by atoms with Gasteiger partial charge < -0.3 is 9.47 Å². The van der Waals surface area contributed by atoms with E-state index in [-0.39, 0.29) is 45.5 Å². The molecule has 0 atom stereocenters. The number of nitriles is 2. The number of rotatable bonds is 4. The fourth-order valence-electron chi connectivity index (χ4n) is 1.92. The zero-order valence-electron chi connectivity index (χ0n) is 13.9. The molecular weight excluding hydrogens is 304 g/mol. The molecule has 24 heavy (non-hydrogen) atoms. The first-order chi connectivity index (χ1) is 11.4. The van der Waals surface area contributed by atoms with Gasteiger partial charge >= 0.3 is 0 Å². The molecule has 1 aromatic carbocycles. The topological polar surface area (TPSA) is 74.8 Å². The maximum Gasteiger partial charge on any atom is 0.272 e. The molecule has 120 valence electrons. The molecule has 0 saturated carbocycles. The predicted molar refractivity (Wildman–Crippen MR) is 88.5 cm³/mol. The summed E-state index contributed by atoms with van der Waals surface area (Å²) >= 11 is 0. The van der Waals surface area contributed by atoms with Crippen molar-refractivity contribution in [1.82, 2.24) is 0 Å². The fraction of sp³-hybridized carbons (Fsp3) is 0.333. The molecule has 0 amide bonds. The molecule has 0 unspecified atom stereocenters. The Balaban J connectivity index is 4.04. The lowest BCUT2D eigenvalue weighted by Crippen LogP contribution is -2.23. The molecular formula is C18H16N4O2. The lowest BCUT2D eigenvalue weighted by atomic mass is 10.1. The number of ether oxygens (including phenoxy) is 2. The van der Waals surface area contributed by atoms with Crippen LogP contribution in [0.5, 0.6) is 11.5 Å². The Morgan fingerprint density at radius 3 is 1.42 bits per heavy atom. The van der Waals surface area contributed by atoms with Crippen LogP contribution < -0.4 is 19.9 Å². The fourth-order valence-corrected chi connectivity index (χ4v) is 1.92. The highest BCUT2D eigenvalue weighted by atomic mass is 16.5. The van der Waals surface area contributed by atoms with Crippen molar-refractivity contribution >= 4 is 11.4 Å². The lowest BCUT2D eigenvalue weighted by molar-refractivity contribution is 0.231. The highest BCUT2D eigenvalue weighted by Crippen LogP contribution is 2.14. The molecule has 0 aliphatic heterocycles. The van der Waals surface area contributed by atoms with Gasteiger partial charge in [0.1, 0.15) is 11.5 Å². The maximum absolute atomic E-state index is 9.18. The van der Waals surface area contributed by atoms with Gasteiger partial charge in [-0.3, -0.25) is 0 Å². The SMILES string of the molecule is [C-]#[N+]C(C#N)=c1cc(OC(C)C)c(=C(C#N)[N+]#[C-])cc1OC(C)C. The van der Waals surface area contributed by atoms with Gasteiger partial charge in [0.15, 0.2) is 0 Å². The molecule has 0 radical (unpaired) electrons. The third-order valence-electron chi connectivity index (χ3n) is 2.75. The molecule has 0 spiro atoms. The molecule has 0 aliphatic rings. The second-order valence-electron chi connectivity index (χ2n) is 5.32. The largest absolute Gasteiger partial charge is 0.492 e. The Labute approximate surface area is 141 Å². The number of hydrogen-bond donors (Lipinski definition) is 0. The third-order valence-corrected chi connectivity index (χ3v) is 2.75. The van der Waals surface area contributed by atoms with Crippen molar-refractivity contribution in [2.24, 2.45) is 0 Å². The molecule has 0 aliphatic carbocycles. The molecule has 1 aromatic rings. The van der Waals surface area contributed by atoms with Gasteiger partial charge in [-0.2, -0.15) is 0 Å². The average Bonchev–Trinajstić information content (AvgIpc) is 2.51. The van der Waals surface area contributed by atoms with E-state index in [1.807, 2.05) is 12.1 Å². The summed E-state index contributed by atoms with van der Waals surface area (Å²) in [6, 6.07) is 6.62. The molecule has 0 N–H and O–H groups in total. The van der Waals surface area contributed by atoms with Crippen LogP contribution in [0.2, 0.25) is 0 Å². The summed E-state index contributed by atoms with van der Waals surface area (Å²) in [6.45, 7) is 21.5. The Hall–Kier alpha value is -3.48. The normalized spacial score (nSPS) is 12.4. The zero-order chi connectivity index (χ0) is 18.3. The Morgan fingerprint density at radius 1 is 0.875 bits per heavy atom. The molecule has 6 heteroatoms. The Kier molecular flexibility index (Phi) is 6.37. The number of nitrogens with zero attached hydrogens (tertiary/aromatic N) is 4. The van der Waals surface area contributed by atoms with E-state index in [0.717, 1.165) is 0 Å². The van der Waals surface area contributed by atoms with Gasteiger partial charge in [0.2, 0.25) is 0 Å². The van der Waals surface area contributed by atoms with Gasteiger partial charge in [-0.15, -0.1) is 0 Å². The molecule has 0 saturated heterocycles. The summed E-state index contributed by atoms with van der Waals surface area (Å²) in [5.74, 6) is 0.528. The minimum atomic E-state index is -0.211. The van der Waals surface area contributed by atoms with Crippen molar-refractivity contribution in [2.45, 2.75) is 39.9 Å². The van der Waals surface area contributed by atoms with Crippen LogP contribution >= 0.6 is 0 Å². The van der Waals surface area contributed by atoms with Crippen molar-refractivity contribution in [3.05, 3.63) is 45.4 Å². The third kappa shape index (κ3) is 4.26. The van der Waals surface area contributed by atoms with Gasteiger partial charge in [0.25, 0.3) is 11.4 Å². The second-order valence-corrected chi connectivity index (χ2v) is 5.32. The van der Waals surface area contributed by atoms with Gasteiger partial charge in [0, 0.05) is 10.4 Å². The predicted octanol–water partition coefficient (Wildman–Crippen LogP) is 2.36. The summed E-state index contributed by atoms with van der Waals surface area (Å²) in [4.78, 5) is 6.44. The molecule has 0 heterocycles. The van der Waals surface area contributed by atoms with Crippen LogP contribution in [0.25, 0.3) is 21.1 Å². The van der Waals surface area contributed by atoms with Crippen LogP contribution in [0.15, 0.2) is 12.1 Å². The van der Waals surface area contributed by atoms with Gasteiger partial charge in [-0.1, -0.05) is 0 Å². The first kappa shape index (κ1) is 18.6. The standard InChI is InChI=1S/C18H16N4O2/c1-11(2)23-17-7-14(16(10-20)22-6)18(24-12(3)4)8-13(17)15(9-19)21-5/h7-8,11-12H,1-4H3. The average molecular weight is 320 g/mol. The van der Waals surface area contributed by atoms with E-state index in [4.69, 9.17) is 22.6 Å². The lowest BCUT2D eigenvalue weighted by Gasteiger charge is -2.15. The minimum absolute atomic E-state index is 0.146. The van der Waals surface area contributed by atoms with E-state index >= 15 is 0 Å². The van der Waals surface area contributed by atoms with Crippen molar-refractivity contribution in [3.63, 3.8) is 0 Å². The van der Waals surface area contributed by atoms with Crippen molar-refractivity contribution in [1.29, 1.82) is 10.5 Å². The monoisotopic (exact) mass is 320 g/mol. The van der Waals surface area contributed by atoms with Crippen molar-refractivity contribution in [3.8, 4) is 23.6 Å². The van der Waals surface area contributed by atoms with Crippen LogP contribution in [0, 0.1) is 35.8 Å². The van der Waals surface area contributed by atoms with Crippen LogP contribution in [-0.2, 0) is 0 Å². The first-order valence-electron chi connectivity index (χ1n) is 7.19. The zero-order valence-corrected chi connectivity index (χ0v) is 13.9. The summed E-state index contributed by atoms with van der Waals surface area (Å²) < 4.78 is 11.3. The van der Waals surface area contributed by atoms with Gasteiger partial charge in [-0.25, -0.2) is 20.2 Å². The van der Waals surface area contributed by atoms with Gasteiger partial charge in [0.05, 0.1) is 37.5 Å². The highest BCUT2D eigenvalue weighted by Gasteiger charge is 2.13. The van der Waals surface area contributed by atoms with Gasteiger partial charge in [-0.05, 0) is 39.8 Å². The van der Waals surface area contributed by atoms with Crippen molar-refractivity contribution in [2.75, 3.05) is 0 Å². The summed E-state index contributed by atoms with van der Waals surface area (Å²) in [5.41, 5.74) is -0.292. The first-order valence-corrected chi connectivity index (χ1v) is 7.19. The summed E-state index contributed by atoms with van der Waals surface area (Å²) in [6.07, 6.45) is -0.421. The van der Waals surface area contributed by atoms with E-state index in [2.05, 4.69) is 9.69 Å². The quantitative estimate of drug-likeness (QED) is 0.798. The number of benzene rings is 1. The molecule has 1 rings (SSSR count). The smallest absolute Gasteiger partial charge is 0.272 e. The van der Waals surface area contributed by atoms with Crippen LogP contribution in [0.3, 0.4) is 0 Å². The Morgan fingerprint density at radius 2 is 1.21 bits per heavy atom. The molecule has 0 fully saturated rings. The van der Waals surface area contributed by atoms with E-state index < -0.39 is 0 Å². The second kappa shape index (κ2) is 8.23. The van der Waals surface area contributed by atoms with E-state index in [1.165, 1.54) is 12.1 Å². The minimum Gasteiger partial charge on any atom is -0.492 e. The molecule has 0 aromatic heterocycles. The van der Waals surface area contributed by atoms with E-state index in [1.54, 1.807) is 27.7 Å². The highest BCUT2D eigenvalue weighted by molar-refractivity contribution is 5.71. The van der Waals surface area contributed by atoms with E-state index in [9.17, 15) is 10.5 Å². The van der Waals surface area contributed by atoms with Crippen LogP contribution in [0.1, 0.15) is 27.7 Å². The number of hydrogen-bond acceptors (Lipinski definition) is 4. The van der Waals surface area contributed by atoms with E-state index in [0.29, 0.717) is 0 Å². The van der Waals surface area contributed by atoms with Crippen LogP contribution in [0.4, 0.5) is 0 Å². The molecule has 0 bridgehead atoms. The summed E-state index contributed by atoms with van der Waals surface area (Å²) in [5, 5.41) is 18.9. The molecule has 6 nitrogen and oxygen atoms in total. The maximum atomic E-state index is 9.18.